The average Bonchev–Trinajstić information content (AvgIpc) is 3.09. The van der Waals surface area contributed by atoms with Gasteiger partial charge in [-0.25, -0.2) is 4.98 Å². The number of carbonyl (C=O) groups excluding carboxylic acids is 2. The number of carbonyl (C=O) groups is 2. The molecule has 2 aromatic rings. The molecule has 0 radical (unpaired) electrons. The van der Waals surface area contributed by atoms with E-state index in [0.29, 0.717) is 30.5 Å². The number of methoxy groups -OCH3 is 1. The molecule has 7 nitrogen and oxygen atoms in total. The van der Waals surface area contributed by atoms with Crippen LogP contribution >= 0.6 is 11.3 Å². The molecule has 0 aliphatic rings. The Labute approximate surface area is 169 Å². The number of anilines is 1. The zero-order valence-electron chi connectivity index (χ0n) is 16.6. The molecule has 0 spiro atoms. The molecule has 2 rings (SSSR count). The van der Waals surface area contributed by atoms with Crippen molar-refractivity contribution in [2.45, 2.75) is 26.7 Å². The van der Waals surface area contributed by atoms with Crippen LogP contribution in [0.4, 0.5) is 5.13 Å². The second kappa shape index (κ2) is 11.4. The van der Waals surface area contributed by atoms with Crippen molar-refractivity contribution >= 4 is 28.3 Å². The summed E-state index contributed by atoms with van der Waals surface area (Å²) in [5, 5.41) is 3.25. The predicted octanol–water partition coefficient (Wildman–Crippen LogP) is 3.36. The number of amides is 2. The number of thiazole rings is 1. The van der Waals surface area contributed by atoms with Gasteiger partial charge in [0.15, 0.2) is 5.13 Å². The number of hydrogen-bond donors (Lipinski definition) is 1. The number of hydrogen-bond acceptors (Lipinski definition) is 6. The van der Waals surface area contributed by atoms with E-state index in [4.69, 9.17) is 9.47 Å². The van der Waals surface area contributed by atoms with Gasteiger partial charge in [-0.3, -0.25) is 9.59 Å². The first kappa shape index (κ1) is 21.8. The summed E-state index contributed by atoms with van der Waals surface area (Å²) in [7, 11) is 1.56. The van der Waals surface area contributed by atoms with Crippen molar-refractivity contribution in [3.63, 3.8) is 0 Å². The molecule has 0 saturated heterocycles. The molecule has 0 fully saturated rings. The van der Waals surface area contributed by atoms with Crippen LogP contribution in [-0.2, 0) is 9.53 Å². The number of ether oxygens (including phenoxy) is 2. The SMILES string of the molecule is CCCCOc1ccc(C(=O)N(CCOC)CC(=O)Nc2ncc(C)s2)cc1. The largest absolute Gasteiger partial charge is 0.494 e. The summed E-state index contributed by atoms with van der Waals surface area (Å²) in [6.45, 7) is 5.25. The van der Waals surface area contributed by atoms with Crippen molar-refractivity contribution in [2.75, 3.05) is 38.7 Å². The highest BCUT2D eigenvalue weighted by Crippen LogP contribution is 2.17. The third kappa shape index (κ3) is 6.94. The number of nitrogens with one attached hydrogen (secondary N) is 1. The smallest absolute Gasteiger partial charge is 0.254 e. The van der Waals surface area contributed by atoms with Crippen molar-refractivity contribution in [1.29, 1.82) is 0 Å². The molecule has 0 unspecified atom stereocenters. The highest BCUT2D eigenvalue weighted by molar-refractivity contribution is 7.15. The van der Waals surface area contributed by atoms with Crippen LogP contribution in [0.25, 0.3) is 0 Å². The van der Waals surface area contributed by atoms with E-state index in [9.17, 15) is 9.59 Å². The minimum absolute atomic E-state index is 0.0738. The molecule has 2 amide bonds. The molecular formula is C20H27N3O4S. The second-order valence-electron chi connectivity index (χ2n) is 6.27. The van der Waals surface area contributed by atoms with E-state index in [1.54, 1.807) is 37.6 Å². The monoisotopic (exact) mass is 405 g/mol. The van der Waals surface area contributed by atoms with Gasteiger partial charge in [0, 0.05) is 30.3 Å². The van der Waals surface area contributed by atoms with Gasteiger partial charge >= 0.3 is 0 Å². The molecule has 0 aliphatic carbocycles. The summed E-state index contributed by atoms with van der Waals surface area (Å²) in [5.41, 5.74) is 0.497. The highest BCUT2D eigenvalue weighted by Gasteiger charge is 2.19. The van der Waals surface area contributed by atoms with Gasteiger partial charge in [-0.1, -0.05) is 13.3 Å². The van der Waals surface area contributed by atoms with E-state index in [1.807, 2.05) is 6.92 Å². The number of nitrogens with zero attached hydrogens (tertiary/aromatic N) is 2. The molecule has 0 bridgehead atoms. The Morgan fingerprint density at radius 2 is 1.96 bits per heavy atom. The van der Waals surface area contributed by atoms with Gasteiger partial charge in [0.1, 0.15) is 12.3 Å². The van der Waals surface area contributed by atoms with Crippen molar-refractivity contribution in [3.8, 4) is 5.75 Å². The Morgan fingerprint density at radius 3 is 2.57 bits per heavy atom. The van der Waals surface area contributed by atoms with Crippen LogP contribution in [0.5, 0.6) is 5.75 Å². The first-order chi connectivity index (χ1) is 13.5. The third-order valence-electron chi connectivity index (χ3n) is 3.92. The van der Waals surface area contributed by atoms with Gasteiger partial charge in [-0.05, 0) is 37.6 Å². The van der Waals surface area contributed by atoms with E-state index in [2.05, 4.69) is 17.2 Å². The summed E-state index contributed by atoms with van der Waals surface area (Å²) in [6.07, 6.45) is 3.74. The van der Waals surface area contributed by atoms with Gasteiger partial charge in [0.2, 0.25) is 5.91 Å². The average molecular weight is 406 g/mol. The van der Waals surface area contributed by atoms with Crippen LogP contribution in [0.3, 0.4) is 0 Å². The lowest BCUT2D eigenvalue weighted by Gasteiger charge is -2.22. The van der Waals surface area contributed by atoms with E-state index < -0.39 is 0 Å². The standard InChI is InChI=1S/C20H27N3O4S/c1-4-5-11-27-17-8-6-16(7-9-17)19(25)23(10-12-26-3)14-18(24)22-20-21-13-15(2)28-20/h6-9,13H,4-5,10-12,14H2,1-3H3,(H,21,22,24). The molecule has 28 heavy (non-hydrogen) atoms. The molecule has 0 atom stereocenters. The summed E-state index contributed by atoms with van der Waals surface area (Å²) in [5.74, 6) is 0.200. The lowest BCUT2D eigenvalue weighted by Crippen LogP contribution is -2.40. The summed E-state index contributed by atoms with van der Waals surface area (Å²) in [4.78, 5) is 31.8. The molecule has 0 saturated carbocycles. The van der Waals surface area contributed by atoms with Crippen LogP contribution in [-0.4, -0.2) is 55.1 Å². The molecule has 8 heteroatoms. The van der Waals surface area contributed by atoms with Gasteiger partial charge in [0.25, 0.3) is 5.91 Å². The van der Waals surface area contributed by atoms with Gasteiger partial charge in [-0.15, -0.1) is 11.3 Å². The third-order valence-corrected chi connectivity index (χ3v) is 4.75. The van der Waals surface area contributed by atoms with Crippen molar-refractivity contribution in [1.82, 2.24) is 9.88 Å². The minimum atomic E-state index is -0.293. The number of aromatic nitrogens is 1. The second-order valence-corrected chi connectivity index (χ2v) is 7.50. The molecule has 152 valence electrons. The summed E-state index contributed by atoms with van der Waals surface area (Å²) < 4.78 is 10.7. The Morgan fingerprint density at radius 1 is 1.21 bits per heavy atom. The number of rotatable bonds is 11. The van der Waals surface area contributed by atoms with Crippen LogP contribution in [0.1, 0.15) is 35.0 Å². The maximum absolute atomic E-state index is 12.9. The fourth-order valence-electron chi connectivity index (χ4n) is 2.41. The molecule has 1 N–H and O–H groups in total. The zero-order valence-corrected chi connectivity index (χ0v) is 17.4. The fraction of sp³-hybridized carbons (Fsp3) is 0.450. The van der Waals surface area contributed by atoms with Crippen molar-refractivity contribution in [3.05, 3.63) is 40.9 Å². The van der Waals surface area contributed by atoms with E-state index in [1.165, 1.54) is 16.2 Å². The Bertz CT molecular complexity index is 761. The highest BCUT2D eigenvalue weighted by atomic mass is 32.1. The zero-order chi connectivity index (χ0) is 20.4. The molecule has 0 aliphatic heterocycles. The molecular weight excluding hydrogens is 378 g/mol. The van der Waals surface area contributed by atoms with E-state index in [0.717, 1.165) is 23.5 Å². The number of benzene rings is 1. The topological polar surface area (TPSA) is 80.8 Å². The minimum Gasteiger partial charge on any atom is -0.494 e. The first-order valence-electron chi connectivity index (χ1n) is 9.26. The van der Waals surface area contributed by atoms with Crippen molar-refractivity contribution in [2.24, 2.45) is 0 Å². The lowest BCUT2D eigenvalue weighted by atomic mass is 10.2. The Balaban J connectivity index is 2.00. The normalized spacial score (nSPS) is 10.5. The molecule has 1 heterocycles. The quantitative estimate of drug-likeness (QED) is 0.580. The Kier molecular flexibility index (Phi) is 8.90. The Hall–Kier alpha value is -2.45. The molecule has 1 aromatic carbocycles. The van der Waals surface area contributed by atoms with Crippen LogP contribution in [0, 0.1) is 6.92 Å². The lowest BCUT2D eigenvalue weighted by molar-refractivity contribution is -0.117. The van der Waals surface area contributed by atoms with E-state index >= 15 is 0 Å². The number of aryl methyl sites for hydroxylation is 1. The van der Waals surface area contributed by atoms with Crippen LogP contribution < -0.4 is 10.1 Å². The van der Waals surface area contributed by atoms with Gasteiger partial charge < -0.3 is 19.7 Å². The van der Waals surface area contributed by atoms with Gasteiger partial charge in [0.05, 0.1) is 13.2 Å². The van der Waals surface area contributed by atoms with Crippen LogP contribution in [0.15, 0.2) is 30.5 Å². The molecule has 1 aromatic heterocycles. The van der Waals surface area contributed by atoms with Crippen LogP contribution in [0.2, 0.25) is 0 Å². The van der Waals surface area contributed by atoms with Gasteiger partial charge in [-0.2, -0.15) is 0 Å². The fourth-order valence-corrected chi connectivity index (χ4v) is 3.09. The predicted molar refractivity (Wildman–Crippen MR) is 110 cm³/mol. The maximum atomic E-state index is 12.9. The van der Waals surface area contributed by atoms with E-state index in [-0.39, 0.29) is 18.4 Å². The number of unbranched alkanes of at least 4 members (excludes halogenated alkanes) is 1. The van der Waals surface area contributed by atoms with Crippen molar-refractivity contribution < 1.29 is 19.1 Å². The maximum Gasteiger partial charge on any atom is 0.254 e. The summed E-state index contributed by atoms with van der Waals surface area (Å²) >= 11 is 1.39. The summed E-state index contributed by atoms with van der Waals surface area (Å²) in [6, 6.07) is 6.97. The first-order valence-corrected chi connectivity index (χ1v) is 10.1.